The molecule has 1 aliphatic heterocycles. The Labute approximate surface area is 128 Å². The average molecular weight is 308 g/mol. The molecule has 0 saturated carbocycles. The van der Waals surface area contributed by atoms with E-state index in [1.165, 1.54) is 12.3 Å². The Morgan fingerprint density at radius 1 is 1.23 bits per heavy atom. The zero-order valence-electron chi connectivity index (χ0n) is 12.9. The summed E-state index contributed by atoms with van der Waals surface area (Å²) < 4.78 is 5.33. The first-order valence-corrected chi connectivity index (χ1v) is 7.05. The van der Waals surface area contributed by atoms with Crippen molar-refractivity contribution >= 4 is 18.0 Å². The number of carbonyl (C=O) groups is 2. The van der Waals surface area contributed by atoms with Gasteiger partial charge >= 0.3 is 12.1 Å². The maximum absolute atomic E-state index is 12.0. The van der Waals surface area contributed by atoms with E-state index >= 15 is 0 Å². The number of ether oxygens (including phenoxy) is 1. The summed E-state index contributed by atoms with van der Waals surface area (Å²) in [5.74, 6) is -0.722. The first kappa shape index (κ1) is 16.0. The summed E-state index contributed by atoms with van der Waals surface area (Å²) >= 11 is 0. The van der Waals surface area contributed by atoms with E-state index in [2.05, 4.69) is 9.97 Å². The summed E-state index contributed by atoms with van der Waals surface area (Å²) in [5, 5.41) is 8.95. The van der Waals surface area contributed by atoms with Gasteiger partial charge in [-0.2, -0.15) is 0 Å². The minimum Gasteiger partial charge on any atom is -0.477 e. The molecule has 1 aromatic heterocycles. The van der Waals surface area contributed by atoms with Gasteiger partial charge in [-0.3, -0.25) is 0 Å². The standard InChI is InChI=1S/C14H20N4O4/c1-14(2,3)22-13(21)18-8-6-17(7-9-18)12-15-5-4-10(16-12)11(19)20/h4-5H,6-9H2,1-3H3,(H,19,20). The molecule has 1 fully saturated rings. The Balaban J connectivity index is 1.96. The van der Waals surface area contributed by atoms with Gasteiger partial charge in [-0.25, -0.2) is 19.6 Å². The fourth-order valence-electron chi connectivity index (χ4n) is 2.04. The lowest BCUT2D eigenvalue weighted by Crippen LogP contribution is -2.50. The van der Waals surface area contributed by atoms with Gasteiger partial charge in [0.05, 0.1) is 0 Å². The number of aromatic nitrogens is 2. The van der Waals surface area contributed by atoms with E-state index in [4.69, 9.17) is 9.84 Å². The molecule has 0 atom stereocenters. The largest absolute Gasteiger partial charge is 0.477 e. The average Bonchev–Trinajstić information content (AvgIpc) is 2.46. The summed E-state index contributed by atoms with van der Waals surface area (Å²) in [5.41, 5.74) is -0.563. The number of amides is 1. The van der Waals surface area contributed by atoms with Crippen molar-refractivity contribution in [1.29, 1.82) is 0 Å². The van der Waals surface area contributed by atoms with Crippen molar-refractivity contribution in [3.8, 4) is 0 Å². The molecule has 1 aromatic rings. The minimum atomic E-state index is -1.09. The number of nitrogens with zero attached hydrogens (tertiary/aromatic N) is 4. The maximum atomic E-state index is 12.0. The van der Waals surface area contributed by atoms with E-state index in [0.717, 1.165) is 0 Å². The summed E-state index contributed by atoms with van der Waals surface area (Å²) in [7, 11) is 0. The fourth-order valence-corrected chi connectivity index (χ4v) is 2.04. The molecule has 120 valence electrons. The normalized spacial score (nSPS) is 15.6. The van der Waals surface area contributed by atoms with E-state index in [-0.39, 0.29) is 11.8 Å². The van der Waals surface area contributed by atoms with Gasteiger partial charge in [0.1, 0.15) is 5.60 Å². The number of aromatic carboxylic acids is 1. The molecule has 0 aliphatic carbocycles. The van der Waals surface area contributed by atoms with Crippen LogP contribution in [0.4, 0.5) is 10.7 Å². The van der Waals surface area contributed by atoms with Crippen LogP contribution in [0, 0.1) is 0 Å². The number of carboxylic acid groups (broad SMARTS) is 1. The summed E-state index contributed by atoms with van der Waals surface area (Å²) in [6.07, 6.45) is 1.08. The van der Waals surface area contributed by atoms with Crippen LogP contribution in [0.3, 0.4) is 0 Å². The Hall–Kier alpha value is -2.38. The van der Waals surface area contributed by atoms with Crippen LogP contribution in [0.2, 0.25) is 0 Å². The number of piperazine rings is 1. The van der Waals surface area contributed by atoms with Crippen molar-refractivity contribution in [2.75, 3.05) is 31.1 Å². The molecule has 0 unspecified atom stereocenters. The third-order valence-corrected chi connectivity index (χ3v) is 3.08. The van der Waals surface area contributed by atoms with Crippen molar-refractivity contribution in [3.63, 3.8) is 0 Å². The molecule has 8 heteroatoms. The van der Waals surface area contributed by atoms with Gasteiger partial charge in [-0.15, -0.1) is 0 Å². The molecule has 8 nitrogen and oxygen atoms in total. The molecule has 2 heterocycles. The monoisotopic (exact) mass is 308 g/mol. The van der Waals surface area contributed by atoms with E-state index in [1.807, 2.05) is 25.7 Å². The Bertz CT molecular complexity index is 562. The third-order valence-electron chi connectivity index (χ3n) is 3.08. The molecule has 1 amide bonds. The van der Waals surface area contributed by atoms with Crippen LogP contribution in [0.25, 0.3) is 0 Å². The quantitative estimate of drug-likeness (QED) is 0.877. The Morgan fingerprint density at radius 2 is 1.86 bits per heavy atom. The molecular weight excluding hydrogens is 288 g/mol. The van der Waals surface area contributed by atoms with Crippen LogP contribution in [-0.2, 0) is 4.74 Å². The minimum absolute atomic E-state index is 0.0421. The second-order valence-electron chi connectivity index (χ2n) is 6.00. The molecule has 1 aliphatic rings. The molecule has 0 aromatic carbocycles. The van der Waals surface area contributed by atoms with Crippen LogP contribution in [-0.4, -0.2) is 63.8 Å². The van der Waals surface area contributed by atoms with Crippen LogP contribution in [0.5, 0.6) is 0 Å². The lowest BCUT2D eigenvalue weighted by Gasteiger charge is -2.35. The van der Waals surface area contributed by atoms with Crippen LogP contribution in [0.15, 0.2) is 12.3 Å². The van der Waals surface area contributed by atoms with E-state index in [1.54, 1.807) is 4.90 Å². The van der Waals surface area contributed by atoms with Gasteiger partial charge in [-0.05, 0) is 26.8 Å². The van der Waals surface area contributed by atoms with Gasteiger partial charge < -0.3 is 19.6 Å². The maximum Gasteiger partial charge on any atom is 0.410 e. The summed E-state index contributed by atoms with van der Waals surface area (Å²) in [6.45, 7) is 7.50. The SMILES string of the molecule is CC(C)(C)OC(=O)N1CCN(c2nccc(C(=O)O)n2)CC1. The third kappa shape index (κ3) is 4.06. The number of rotatable bonds is 2. The van der Waals surface area contributed by atoms with Gasteiger partial charge in [0.25, 0.3) is 0 Å². The number of carbonyl (C=O) groups excluding carboxylic acids is 1. The highest BCUT2D eigenvalue weighted by Crippen LogP contribution is 2.14. The van der Waals surface area contributed by atoms with Gasteiger partial charge in [0.2, 0.25) is 5.95 Å². The number of hydrogen-bond acceptors (Lipinski definition) is 6. The molecule has 0 radical (unpaired) electrons. The van der Waals surface area contributed by atoms with Crippen LogP contribution >= 0.6 is 0 Å². The Kier molecular flexibility index (Phi) is 4.48. The number of carboxylic acids is 1. The molecular formula is C14H20N4O4. The van der Waals surface area contributed by atoms with E-state index in [0.29, 0.717) is 32.1 Å². The summed E-state index contributed by atoms with van der Waals surface area (Å²) in [6, 6.07) is 1.35. The highest BCUT2D eigenvalue weighted by Gasteiger charge is 2.26. The lowest BCUT2D eigenvalue weighted by molar-refractivity contribution is 0.0240. The lowest BCUT2D eigenvalue weighted by atomic mass is 10.2. The van der Waals surface area contributed by atoms with Gasteiger partial charge in [0.15, 0.2) is 5.69 Å². The number of hydrogen-bond donors (Lipinski definition) is 1. The van der Waals surface area contributed by atoms with Crippen LogP contribution < -0.4 is 4.90 Å². The predicted octanol–water partition coefficient (Wildman–Crippen LogP) is 1.23. The zero-order chi connectivity index (χ0) is 16.3. The van der Waals surface area contributed by atoms with E-state index < -0.39 is 11.6 Å². The first-order chi connectivity index (χ1) is 10.3. The van der Waals surface area contributed by atoms with E-state index in [9.17, 15) is 9.59 Å². The number of anilines is 1. The van der Waals surface area contributed by atoms with Gasteiger partial charge in [0, 0.05) is 32.4 Å². The molecule has 1 N–H and O–H groups in total. The predicted molar refractivity (Wildman–Crippen MR) is 79.0 cm³/mol. The smallest absolute Gasteiger partial charge is 0.410 e. The fraction of sp³-hybridized carbons (Fsp3) is 0.571. The second-order valence-corrected chi connectivity index (χ2v) is 6.00. The highest BCUT2D eigenvalue weighted by atomic mass is 16.6. The topological polar surface area (TPSA) is 95.9 Å². The van der Waals surface area contributed by atoms with Crippen molar-refractivity contribution in [3.05, 3.63) is 18.0 Å². The van der Waals surface area contributed by atoms with Crippen LogP contribution in [0.1, 0.15) is 31.3 Å². The Morgan fingerprint density at radius 3 is 2.41 bits per heavy atom. The van der Waals surface area contributed by atoms with Crippen molar-refractivity contribution < 1.29 is 19.4 Å². The van der Waals surface area contributed by atoms with Crippen molar-refractivity contribution in [2.45, 2.75) is 26.4 Å². The molecule has 22 heavy (non-hydrogen) atoms. The summed E-state index contributed by atoms with van der Waals surface area (Å²) in [4.78, 5) is 34.5. The second kappa shape index (κ2) is 6.17. The van der Waals surface area contributed by atoms with Crippen molar-refractivity contribution in [2.24, 2.45) is 0 Å². The van der Waals surface area contributed by atoms with Crippen molar-refractivity contribution in [1.82, 2.24) is 14.9 Å². The molecule has 0 spiro atoms. The van der Waals surface area contributed by atoms with Gasteiger partial charge in [-0.1, -0.05) is 0 Å². The molecule has 0 bridgehead atoms. The zero-order valence-corrected chi connectivity index (χ0v) is 12.9. The highest BCUT2D eigenvalue weighted by molar-refractivity contribution is 5.85. The molecule has 1 saturated heterocycles. The molecule has 2 rings (SSSR count). The first-order valence-electron chi connectivity index (χ1n) is 7.05.